The maximum Gasteiger partial charge on any atom is 0.339 e. The first-order chi connectivity index (χ1) is 30.8. The van der Waals surface area contributed by atoms with Crippen LogP contribution in [0.2, 0.25) is 0 Å². The van der Waals surface area contributed by atoms with Gasteiger partial charge in [0.25, 0.3) is 0 Å². The fraction of sp³-hybridized carbons (Fsp3) is 0.396. The van der Waals surface area contributed by atoms with E-state index in [9.17, 15) is 30.0 Å². The number of aromatic hydroxyl groups is 1. The minimum absolute atomic E-state index is 0.103. The molecule has 0 radical (unpaired) electrons. The lowest BCUT2D eigenvalue weighted by Gasteiger charge is -2.24. The second kappa shape index (κ2) is 24.5. The van der Waals surface area contributed by atoms with Crippen LogP contribution in [-0.4, -0.2) is 111 Å². The van der Waals surface area contributed by atoms with Crippen LogP contribution in [0.25, 0.3) is 21.5 Å². The van der Waals surface area contributed by atoms with E-state index in [1.54, 1.807) is 48.5 Å². The molecule has 0 aliphatic carbocycles. The Kier molecular flexibility index (Phi) is 18.0. The van der Waals surface area contributed by atoms with Crippen LogP contribution in [0.15, 0.2) is 110 Å². The van der Waals surface area contributed by atoms with Crippen molar-refractivity contribution in [3.8, 4) is 11.5 Å². The van der Waals surface area contributed by atoms with Crippen molar-refractivity contribution in [3.05, 3.63) is 132 Å². The summed E-state index contributed by atoms with van der Waals surface area (Å²) in [5.74, 6) is -3.71. The molecule has 10 heteroatoms. The second-order valence-electron chi connectivity index (χ2n) is 16.8. The average molecular weight is 854 g/mol. The number of phenols is 1. The number of likely N-dealkylation sites (tertiary alicyclic amines) is 2. The number of hydrogen-bond donors (Lipinski definition) is 3. The van der Waals surface area contributed by atoms with E-state index in [2.05, 4.69) is 80.2 Å². The Labute approximate surface area is 372 Å². The molecule has 4 aromatic carbocycles. The number of nitrogens with zero attached hydrogens (tertiary/aromatic N) is 4. The van der Waals surface area contributed by atoms with Crippen molar-refractivity contribution in [3.63, 3.8) is 0 Å². The number of carboxylic acid groups (broad SMARTS) is 2. The van der Waals surface area contributed by atoms with Crippen molar-refractivity contribution in [1.82, 2.24) is 9.80 Å². The quantitative estimate of drug-likeness (QED) is 0.106. The third-order valence-corrected chi connectivity index (χ3v) is 12.2. The summed E-state index contributed by atoms with van der Waals surface area (Å²) in [6, 6.07) is 16.5. The van der Waals surface area contributed by atoms with Crippen molar-refractivity contribution in [2.24, 2.45) is 0 Å². The minimum Gasteiger partial charge on any atom is -0.872 e. The lowest BCUT2D eigenvalue weighted by molar-refractivity contribution is -0.532. The highest BCUT2D eigenvalue weighted by Crippen LogP contribution is 2.38. The molecule has 4 aliphatic heterocycles. The van der Waals surface area contributed by atoms with Gasteiger partial charge < -0.3 is 30.2 Å². The summed E-state index contributed by atoms with van der Waals surface area (Å²) in [4.78, 5) is 28.0. The fourth-order valence-corrected chi connectivity index (χ4v) is 8.75. The van der Waals surface area contributed by atoms with Crippen LogP contribution in [0.1, 0.15) is 109 Å². The molecule has 0 spiro atoms. The number of benzene rings is 4. The summed E-state index contributed by atoms with van der Waals surface area (Å²) in [7, 11) is 0. The summed E-state index contributed by atoms with van der Waals surface area (Å²) >= 11 is 0. The number of carbonyl (C=O) groups is 2. The standard InChI is InChI=1S/C23H16O6.2C15H25N2/c24-20-16(14-7-3-1-5-12(14)9-18(20)22(26)27)11-17-15-8-4-2-6-13(15)10-19(21(17)25)23(28)29;2*1-4-10-16(11-5-1)14-8-3-9-15-17-12-6-2-7-13-17/h1-10,24-25H,11H2,(H,26,27)(H,28,29);2*3,8-9,14-15H,1-2,4-7,10-13H2/q;2*+1/p-1. The van der Waals surface area contributed by atoms with E-state index in [1.807, 2.05) is 0 Å². The Morgan fingerprint density at radius 1 is 0.540 bits per heavy atom. The highest BCUT2D eigenvalue weighted by molar-refractivity contribution is 6.02. The Morgan fingerprint density at radius 2 is 0.952 bits per heavy atom. The third-order valence-electron chi connectivity index (χ3n) is 12.2. The summed E-state index contributed by atoms with van der Waals surface area (Å²) in [6.45, 7) is 9.89. The van der Waals surface area contributed by atoms with Crippen LogP contribution in [0.5, 0.6) is 11.5 Å². The number of hydrogen-bond acceptors (Lipinski definition) is 6. The van der Waals surface area contributed by atoms with Crippen LogP contribution in [0.3, 0.4) is 0 Å². The van der Waals surface area contributed by atoms with Crippen molar-refractivity contribution >= 4 is 45.9 Å². The molecule has 4 saturated heterocycles. The second-order valence-corrected chi connectivity index (χ2v) is 16.8. The van der Waals surface area contributed by atoms with Gasteiger partial charge in [-0.05, 0) is 115 Å². The zero-order valence-electron chi connectivity index (χ0n) is 36.8. The van der Waals surface area contributed by atoms with E-state index in [0.717, 1.165) is 0 Å². The van der Waals surface area contributed by atoms with Crippen molar-refractivity contribution in [1.29, 1.82) is 0 Å². The summed E-state index contributed by atoms with van der Waals surface area (Å²) in [5, 5.41) is 44.8. The largest absolute Gasteiger partial charge is 0.872 e. The zero-order valence-corrected chi connectivity index (χ0v) is 36.8. The van der Waals surface area contributed by atoms with Crippen LogP contribution >= 0.6 is 0 Å². The van der Waals surface area contributed by atoms with E-state index in [0.29, 0.717) is 21.5 Å². The average Bonchev–Trinajstić information content (AvgIpc) is 3.32. The molecular formula is C53H65N4O6+. The van der Waals surface area contributed by atoms with Crippen LogP contribution in [0.4, 0.5) is 0 Å². The van der Waals surface area contributed by atoms with E-state index in [1.165, 1.54) is 142 Å². The molecule has 0 unspecified atom stereocenters. The normalized spacial score (nSPS) is 17.3. The molecule has 4 aromatic rings. The van der Waals surface area contributed by atoms with Gasteiger partial charge in [0.15, 0.2) is 12.4 Å². The summed E-state index contributed by atoms with van der Waals surface area (Å²) in [5.41, 5.74) is -0.171. The van der Waals surface area contributed by atoms with E-state index in [4.69, 9.17) is 0 Å². The maximum atomic E-state index is 12.9. The topological polar surface area (TPSA) is 130 Å². The number of aromatic carboxylic acids is 2. The molecule has 4 heterocycles. The van der Waals surface area contributed by atoms with Gasteiger partial charge in [-0.15, -0.1) is 0 Å². The third kappa shape index (κ3) is 13.9. The SMILES string of the molecule is C(/C=C/C=C/N1CCCCC1)=[N+]1CCCCC1.C(/C=C/C=C/N1CCCCC1)=[N+]1CCCCC1.O=C(O)c1cc2ccccc2c(Cc2c(O)c(C(=O)O)cc3ccccc23)c1[O-]. The molecule has 0 saturated carbocycles. The Morgan fingerprint density at radius 3 is 1.41 bits per heavy atom. The lowest BCUT2D eigenvalue weighted by atomic mass is 9.90. The fourth-order valence-electron chi connectivity index (χ4n) is 8.75. The van der Waals surface area contributed by atoms with Gasteiger partial charge in [-0.25, -0.2) is 18.7 Å². The van der Waals surface area contributed by atoms with Gasteiger partial charge >= 0.3 is 11.9 Å². The predicted molar refractivity (Wildman–Crippen MR) is 253 cm³/mol. The lowest BCUT2D eigenvalue weighted by Crippen LogP contribution is -2.23. The van der Waals surface area contributed by atoms with E-state index < -0.39 is 23.4 Å². The molecule has 10 nitrogen and oxygen atoms in total. The highest BCUT2D eigenvalue weighted by atomic mass is 16.4. The molecule has 63 heavy (non-hydrogen) atoms. The number of carboxylic acids is 2. The molecule has 0 bridgehead atoms. The van der Waals surface area contributed by atoms with Gasteiger partial charge in [0, 0.05) is 76.0 Å². The number of fused-ring (bicyclic) bond motifs is 2. The Balaban J connectivity index is 0.000000167. The first-order valence-corrected chi connectivity index (χ1v) is 23.0. The summed E-state index contributed by atoms with van der Waals surface area (Å²) < 4.78 is 4.85. The van der Waals surface area contributed by atoms with E-state index >= 15 is 0 Å². The molecule has 332 valence electrons. The van der Waals surface area contributed by atoms with Crippen LogP contribution in [0, 0.1) is 0 Å². The van der Waals surface area contributed by atoms with E-state index in [-0.39, 0.29) is 28.7 Å². The predicted octanol–water partition coefficient (Wildman–Crippen LogP) is 9.38. The molecule has 0 amide bonds. The van der Waals surface area contributed by atoms with Crippen LogP contribution in [-0.2, 0) is 6.42 Å². The number of allylic oxidation sites excluding steroid dienone is 6. The Bertz CT molecular complexity index is 2170. The molecule has 3 N–H and O–H groups in total. The monoisotopic (exact) mass is 853 g/mol. The van der Waals surface area contributed by atoms with Crippen molar-refractivity contribution < 1.29 is 39.2 Å². The van der Waals surface area contributed by atoms with Gasteiger partial charge in [0.1, 0.15) is 37.5 Å². The van der Waals surface area contributed by atoms with Gasteiger partial charge in [0.2, 0.25) is 0 Å². The summed E-state index contributed by atoms with van der Waals surface area (Å²) in [6.07, 6.45) is 38.3. The molecule has 4 fully saturated rings. The zero-order chi connectivity index (χ0) is 44.2. The smallest absolute Gasteiger partial charge is 0.339 e. The van der Waals surface area contributed by atoms with Gasteiger partial charge in [-0.3, -0.25) is 0 Å². The van der Waals surface area contributed by atoms with Crippen molar-refractivity contribution in [2.75, 3.05) is 52.4 Å². The van der Waals surface area contributed by atoms with Crippen LogP contribution < -0.4 is 5.11 Å². The molecule has 0 aromatic heterocycles. The van der Waals surface area contributed by atoms with Gasteiger partial charge in [-0.1, -0.05) is 66.4 Å². The van der Waals surface area contributed by atoms with Gasteiger partial charge in [0.05, 0.1) is 5.56 Å². The molecular weight excluding hydrogens is 789 g/mol. The molecule has 4 aliphatic rings. The Hall–Kier alpha value is -6.16. The maximum absolute atomic E-state index is 12.9. The minimum atomic E-state index is -1.34. The van der Waals surface area contributed by atoms with Crippen molar-refractivity contribution in [2.45, 2.75) is 83.5 Å². The first kappa shape index (κ1) is 46.3. The molecule has 0 atom stereocenters. The number of rotatable bonds is 10. The highest BCUT2D eigenvalue weighted by Gasteiger charge is 2.20. The van der Waals surface area contributed by atoms with Gasteiger partial charge in [-0.2, -0.15) is 0 Å². The first-order valence-electron chi connectivity index (χ1n) is 23.0. The number of piperidine rings is 4. The molecule has 8 rings (SSSR count).